The first-order chi connectivity index (χ1) is 37.9. The van der Waals surface area contributed by atoms with Crippen LogP contribution in [0, 0.1) is 5.82 Å². The SMILES string of the molecule is CC(=O)c1ccc2c(c1)C[C@@H](O)[C@@H]2NC(=O)c1cc(C(=O)NCc2ccc(F)c(C(F)(F)F)c2)nc2ccnn12.CC(=O)c1ccc2c(c1)C[C@@H](O)[C@@H]2NC(=O)c1cc(C(=O)NCc2cccc(OC(F)(F)F)c2)nc2ccnn12. The highest BCUT2D eigenvalue weighted by Crippen LogP contribution is 2.35. The van der Waals surface area contributed by atoms with Crippen LogP contribution in [0.1, 0.15) is 128 Å². The van der Waals surface area contributed by atoms with Crippen molar-refractivity contribution in [3.8, 4) is 5.75 Å². The van der Waals surface area contributed by atoms with Gasteiger partial charge in [0.05, 0.1) is 42.2 Å². The summed E-state index contributed by atoms with van der Waals surface area (Å²) in [5, 5.41) is 39.9. The third kappa shape index (κ3) is 12.1. The fourth-order valence-electron chi connectivity index (χ4n) is 9.17. The smallest absolute Gasteiger partial charge is 0.406 e. The second kappa shape index (κ2) is 22.1. The van der Waals surface area contributed by atoms with Crippen LogP contribution in [0.15, 0.2) is 116 Å². The number of amides is 4. The zero-order chi connectivity index (χ0) is 57.4. The lowest BCUT2D eigenvalue weighted by molar-refractivity contribution is -0.274. The number of ketones is 2. The Morgan fingerprint density at radius 3 is 1.52 bits per heavy atom. The molecule has 2 aliphatic carbocycles. The number of alkyl halides is 6. The molecule has 0 spiro atoms. The first-order valence-corrected chi connectivity index (χ1v) is 24.1. The van der Waals surface area contributed by atoms with Crippen LogP contribution in [0.4, 0.5) is 30.7 Å². The maximum atomic E-state index is 13.6. The largest absolute Gasteiger partial charge is 0.573 e. The van der Waals surface area contributed by atoms with Gasteiger partial charge >= 0.3 is 12.5 Å². The number of rotatable bonds is 13. The van der Waals surface area contributed by atoms with E-state index in [9.17, 15) is 69.7 Å². The monoisotopic (exact) mass is 1110 g/mol. The molecule has 80 heavy (non-hydrogen) atoms. The van der Waals surface area contributed by atoms with Crippen molar-refractivity contribution in [1.82, 2.24) is 50.5 Å². The van der Waals surface area contributed by atoms with Crippen molar-refractivity contribution in [2.24, 2.45) is 0 Å². The number of hydrogen-bond acceptors (Lipinski definition) is 13. The van der Waals surface area contributed by atoms with E-state index in [0.717, 1.165) is 35.4 Å². The number of aromatic nitrogens is 6. The summed E-state index contributed by atoms with van der Waals surface area (Å²) >= 11 is 0. The summed E-state index contributed by atoms with van der Waals surface area (Å²) in [4.78, 5) is 84.2. The predicted octanol–water partition coefficient (Wildman–Crippen LogP) is 6.56. The molecular weight excluding hydrogens is 1070 g/mol. The molecule has 2 aliphatic rings. The average Bonchev–Trinajstić information content (AvgIpc) is 4.22. The highest BCUT2D eigenvalue weighted by atomic mass is 19.4. The number of hydrogen-bond donors (Lipinski definition) is 6. The van der Waals surface area contributed by atoms with E-state index in [4.69, 9.17) is 0 Å². The molecule has 4 aromatic heterocycles. The number of benzene rings is 4. The number of halogens is 7. The fraction of sp³-hybridized carbons (Fsp3) is 0.222. The Morgan fingerprint density at radius 1 is 0.600 bits per heavy atom. The number of nitrogens with one attached hydrogen (secondary N) is 4. The summed E-state index contributed by atoms with van der Waals surface area (Å²) in [5.41, 5.74) is 2.58. The molecular formula is C54H43F7N10O9. The van der Waals surface area contributed by atoms with Crippen LogP contribution in [0.5, 0.6) is 5.75 Å². The van der Waals surface area contributed by atoms with Gasteiger partial charge in [-0.2, -0.15) is 23.4 Å². The molecule has 19 nitrogen and oxygen atoms in total. The molecule has 10 rings (SSSR count). The van der Waals surface area contributed by atoms with E-state index in [-0.39, 0.29) is 77.1 Å². The Balaban J connectivity index is 0.000000194. The van der Waals surface area contributed by atoms with E-state index in [2.05, 4.69) is 46.2 Å². The van der Waals surface area contributed by atoms with Crippen LogP contribution in [0.25, 0.3) is 11.3 Å². The van der Waals surface area contributed by atoms with Crippen LogP contribution in [0.2, 0.25) is 0 Å². The molecule has 0 saturated heterocycles. The number of nitrogens with zero attached hydrogens (tertiary/aromatic N) is 6. The van der Waals surface area contributed by atoms with Crippen LogP contribution in [-0.2, 0) is 32.1 Å². The van der Waals surface area contributed by atoms with Gasteiger partial charge in [-0.1, -0.05) is 42.5 Å². The third-order valence-corrected chi connectivity index (χ3v) is 13.0. The van der Waals surface area contributed by atoms with Crippen LogP contribution in [-0.4, -0.2) is 93.2 Å². The van der Waals surface area contributed by atoms with Gasteiger partial charge in [-0.25, -0.2) is 23.4 Å². The van der Waals surface area contributed by atoms with Gasteiger partial charge in [-0.3, -0.25) is 28.8 Å². The molecule has 4 atom stereocenters. The summed E-state index contributed by atoms with van der Waals surface area (Å²) in [7, 11) is 0. The molecule has 412 valence electrons. The molecule has 6 N–H and O–H groups in total. The number of ether oxygens (including phenoxy) is 1. The average molecular weight is 1110 g/mol. The third-order valence-electron chi connectivity index (χ3n) is 13.0. The zero-order valence-corrected chi connectivity index (χ0v) is 41.7. The number of carbonyl (C=O) groups excluding carboxylic acids is 6. The maximum absolute atomic E-state index is 13.6. The molecule has 8 aromatic rings. The van der Waals surface area contributed by atoms with E-state index in [1.807, 2.05) is 0 Å². The summed E-state index contributed by atoms with van der Waals surface area (Å²) in [5.74, 6) is -4.88. The minimum absolute atomic E-state index is 0.00675. The van der Waals surface area contributed by atoms with Crippen LogP contribution < -0.4 is 26.0 Å². The molecule has 4 heterocycles. The highest BCUT2D eigenvalue weighted by Gasteiger charge is 2.37. The van der Waals surface area contributed by atoms with Gasteiger partial charge in [-0.05, 0) is 83.6 Å². The Kier molecular flexibility index (Phi) is 15.3. The standard InChI is InChI=1S/C27H21F4N5O4.C27H22F3N5O5/c1-13(37)15-3-4-17-16(9-15)10-22(38)24(17)35-26(40)21-11-20(34-23-6-7-33-36(21)23)25(39)32-12-14-2-5-19(28)18(8-14)27(29,30)31;1-14(36)16-5-6-19-17(10-16)11-22(37)24(19)34-26(39)21-12-20(33-23-7-8-32-35(21)23)25(38)31-13-15-3-2-4-18(9-15)40-27(28,29)30/h2-9,11,22,24,38H,10,12H2,1H3,(H,32,39)(H,35,40);2-10,12,22,24,37H,11,13H2,1H3,(H,31,38)(H,34,39)/t2*22-,24-/m11/s1. The van der Waals surface area contributed by atoms with Crippen LogP contribution in [0.3, 0.4) is 0 Å². The topological polar surface area (TPSA) is 261 Å². The molecule has 0 radical (unpaired) electrons. The minimum atomic E-state index is -4.90. The van der Waals surface area contributed by atoms with Gasteiger partial charge in [0.15, 0.2) is 22.9 Å². The Labute approximate surface area is 446 Å². The highest BCUT2D eigenvalue weighted by molar-refractivity contribution is 6.00. The quantitative estimate of drug-likeness (QED) is 0.0529. The lowest BCUT2D eigenvalue weighted by atomic mass is 10.0. The van der Waals surface area contributed by atoms with Crippen molar-refractivity contribution in [1.29, 1.82) is 0 Å². The molecule has 0 saturated carbocycles. The second-order valence-electron chi connectivity index (χ2n) is 18.5. The van der Waals surface area contributed by atoms with Crippen molar-refractivity contribution in [3.63, 3.8) is 0 Å². The van der Waals surface area contributed by atoms with Gasteiger partial charge in [0.2, 0.25) is 0 Å². The molecule has 0 bridgehead atoms. The minimum Gasteiger partial charge on any atom is -0.406 e. The van der Waals surface area contributed by atoms with Crippen LogP contribution >= 0.6 is 0 Å². The Bertz CT molecular complexity index is 3790. The first-order valence-electron chi connectivity index (χ1n) is 24.1. The van der Waals surface area contributed by atoms with Gasteiger partial charge in [0, 0.05) is 61.3 Å². The van der Waals surface area contributed by atoms with E-state index in [1.165, 1.54) is 65.6 Å². The normalized spacial score (nSPS) is 16.5. The molecule has 26 heteroatoms. The Morgan fingerprint density at radius 2 is 1.07 bits per heavy atom. The number of Topliss-reactive ketones (excluding diaryl/α,β-unsaturated/α-hetero) is 2. The van der Waals surface area contributed by atoms with E-state index in [1.54, 1.807) is 36.4 Å². The van der Waals surface area contributed by atoms with Gasteiger partial charge in [-0.15, -0.1) is 13.2 Å². The molecule has 0 unspecified atom stereocenters. The lowest BCUT2D eigenvalue weighted by Gasteiger charge is -2.18. The van der Waals surface area contributed by atoms with Crippen molar-refractivity contribution < 1.29 is 74.5 Å². The van der Waals surface area contributed by atoms with Crippen molar-refractivity contribution in [3.05, 3.63) is 194 Å². The molecule has 4 aromatic carbocycles. The maximum Gasteiger partial charge on any atom is 0.573 e. The van der Waals surface area contributed by atoms with Gasteiger partial charge < -0.3 is 36.2 Å². The summed E-state index contributed by atoms with van der Waals surface area (Å²) < 4.78 is 96.5. The molecule has 0 aliphatic heterocycles. The summed E-state index contributed by atoms with van der Waals surface area (Å²) in [6.45, 7) is 2.38. The van der Waals surface area contributed by atoms with E-state index < -0.39 is 77.6 Å². The lowest BCUT2D eigenvalue weighted by Crippen LogP contribution is -2.35. The fourth-order valence-corrected chi connectivity index (χ4v) is 9.17. The molecule has 4 amide bonds. The van der Waals surface area contributed by atoms with Gasteiger partial charge in [0.25, 0.3) is 23.6 Å². The molecule has 0 fully saturated rings. The Hall–Kier alpha value is -9.43. The van der Waals surface area contributed by atoms with E-state index in [0.29, 0.717) is 39.9 Å². The van der Waals surface area contributed by atoms with Crippen molar-refractivity contribution >= 4 is 46.5 Å². The number of carbonyl (C=O) groups is 6. The van der Waals surface area contributed by atoms with E-state index >= 15 is 0 Å². The van der Waals surface area contributed by atoms with Crippen molar-refractivity contribution in [2.75, 3.05) is 0 Å². The van der Waals surface area contributed by atoms with Gasteiger partial charge in [0.1, 0.15) is 34.3 Å². The summed E-state index contributed by atoms with van der Waals surface area (Å²) in [6, 6.07) is 21.3. The number of aliphatic hydroxyl groups is 2. The first kappa shape index (κ1) is 55.3. The predicted molar refractivity (Wildman–Crippen MR) is 266 cm³/mol. The zero-order valence-electron chi connectivity index (χ0n) is 41.7. The number of fused-ring (bicyclic) bond motifs is 4. The number of aliphatic hydroxyl groups excluding tert-OH is 2. The van der Waals surface area contributed by atoms with Crippen molar-refractivity contribution in [2.45, 2.75) is 76.6 Å². The second-order valence-corrected chi connectivity index (χ2v) is 18.5. The summed E-state index contributed by atoms with van der Waals surface area (Å²) in [6.07, 6.45) is -8.41.